The van der Waals surface area contributed by atoms with Gasteiger partial charge in [-0.05, 0) is 25.7 Å². The van der Waals surface area contributed by atoms with Gasteiger partial charge < -0.3 is 10.2 Å². The molecule has 4 heteroatoms. The van der Waals surface area contributed by atoms with Crippen molar-refractivity contribution >= 4 is 11.9 Å². The maximum atomic E-state index is 11.3. The molecule has 0 aliphatic carbocycles. The Kier molecular flexibility index (Phi) is 15.6. The van der Waals surface area contributed by atoms with Crippen LogP contribution in [0, 0.1) is 5.92 Å². The van der Waals surface area contributed by atoms with Crippen molar-refractivity contribution in [3.63, 3.8) is 0 Å². The Morgan fingerprint density at radius 1 is 0.833 bits per heavy atom. The van der Waals surface area contributed by atoms with E-state index in [2.05, 4.69) is 6.92 Å². The molecule has 1 unspecified atom stereocenters. The van der Waals surface area contributed by atoms with Gasteiger partial charge in [-0.15, -0.1) is 0 Å². The molecule has 0 amide bonds. The molecule has 0 aromatic heterocycles. The summed E-state index contributed by atoms with van der Waals surface area (Å²) in [5.74, 6) is -1.85. The van der Waals surface area contributed by atoms with Crippen molar-refractivity contribution in [1.29, 1.82) is 0 Å². The van der Waals surface area contributed by atoms with Crippen molar-refractivity contribution in [2.45, 2.75) is 96.8 Å². The lowest BCUT2D eigenvalue weighted by molar-refractivity contribution is -0.140. The van der Waals surface area contributed by atoms with Crippen LogP contribution in [0.1, 0.15) is 96.8 Å². The fourth-order valence-corrected chi connectivity index (χ4v) is 2.78. The van der Waals surface area contributed by atoms with Gasteiger partial charge in [0.1, 0.15) is 0 Å². The summed E-state index contributed by atoms with van der Waals surface area (Å²) in [4.78, 5) is 21.7. The third-order valence-electron chi connectivity index (χ3n) is 4.32. The lowest BCUT2D eigenvalue weighted by Gasteiger charge is -2.07. The summed E-state index contributed by atoms with van der Waals surface area (Å²) in [5, 5.41) is 17.8. The monoisotopic (exact) mass is 340 g/mol. The summed E-state index contributed by atoms with van der Waals surface area (Å²) in [7, 11) is 0. The van der Waals surface area contributed by atoms with Crippen LogP contribution in [0.15, 0.2) is 12.2 Å². The Labute approximate surface area is 147 Å². The van der Waals surface area contributed by atoms with Crippen molar-refractivity contribution in [1.82, 2.24) is 0 Å². The van der Waals surface area contributed by atoms with Gasteiger partial charge in [0, 0.05) is 6.42 Å². The molecule has 0 saturated carbocycles. The molecule has 0 aromatic carbocycles. The van der Waals surface area contributed by atoms with Gasteiger partial charge in [-0.1, -0.05) is 76.9 Å². The lowest BCUT2D eigenvalue weighted by atomic mass is 9.99. The topological polar surface area (TPSA) is 74.6 Å². The molecule has 0 radical (unpaired) electrons. The molecule has 0 saturated heterocycles. The summed E-state index contributed by atoms with van der Waals surface area (Å²) >= 11 is 0. The first-order valence-electron chi connectivity index (χ1n) is 9.69. The van der Waals surface area contributed by atoms with E-state index in [4.69, 9.17) is 5.11 Å². The number of carboxylic acid groups (broad SMARTS) is 2. The number of unbranched alkanes of at least 4 members (excludes halogenated alkanes) is 10. The number of allylic oxidation sites excluding steroid dienone is 1. The fourth-order valence-electron chi connectivity index (χ4n) is 2.78. The minimum atomic E-state index is -0.739. The number of hydrogen-bond acceptors (Lipinski definition) is 2. The molecule has 2 N–H and O–H groups in total. The molecular weight excluding hydrogens is 304 g/mol. The van der Waals surface area contributed by atoms with Crippen molar-refractivity contribution in [3.8, 4) is 0 Å². The molecule has 0 rings (SSSR count). The molecule has 140 valence electrons. The smallest absolute Gasteiger partial charge is 0.310 e. The standard InChI is InChI=1S/C20H36O4/c1-2-3-4-5-6-7-9-12-15-18(20(23)24)16-13-10-8-11-14-17-19(21)22/h12,15,18H,2-11,13-14,16-17H2,1H3,(H,21,22)(H,23,24). The first-order valence-corrected chi connectivity index (χ1v) is 9.69. The van der Waals surface area contributed by atoms with Gasteiger partial charge in [-0.25, -0.2) is 0 Å². The van der Waals surface area contributed by atoms with Crippen LogP contribution >= 0.6 is 0 Å². The predicted molar refractivity (Wildman–Crippen MR) is 98.2 cm³/mol. The fraction of sp³-hybridized carbons (Fsp3) is 0.800. The van der Waals surface area contributed by atoms with E-state index in [9.17, 15) is 14.7 Å². The maximum Gasteiger partial charge on any atom is 0.310 e. The number of carboxylic acids is 2. The molecule has 0 aromatic rings. The van der Waals surface area contributed by atoms with Crippen LogP contribution in [-0.4, -0.2) is 22.2 Å². The normalized spacial score (nSPS) is 12.5. The number of aliphatic carboxylic acids is 2. The SMILES string of the molecule is CCCCCCCCC=CC(CCCCCCCC(=O)O)C(=O)O. The summed E-state index contributed by atoms with van der Waals surface area (Å²) in [6, 6.07) is 0. The summed E-state index contributed by atoms with van der Waals surface area (Å²) in [5.41, 5.74) is 0. The van der Waals surface area contributed by atoms with Crippen LogP contribution in [-0.2, 0) is 9.59 Å². The Hall–Kier alpha value is -1.32. The molecular formula is C20H36O4. The average Bonchev–Trinajstić information content (AvgIpc) is 2.53. The van der Waals surface area contributed by atoms with Crippen molar-refractivity contribution < 1.29 is 19.8 Å². The highest BCUT2D eigenvalue weighted by atomic mass is 16.4. The Morgan fingerprint density at radius 3 is 2.04 bits per heavy atom. The molecule has 0 aliphatic rings. The van der Waals surface area contributed by atoms with Crippen LogP contribution < -0.4 is 0 Å². The van der Waals surface area contributed by atoms with Crippen molar-refractivity contribution in [2.75, 3.05) is 0 Å². The van der Waals surface area contributed by atoms with Gasteiger partial charge >= 0.3 is 11.9 Å². The molecule has 24 heavy (non-hydrogen) atoms. The quantitative estimate of drug-likeness (QED) is 0.259. The third-order valence-corrected chi connectivity index (χ3v) is 4.32. The van der Waals surface area contributed by atoms with Gasteiger partial charge in [0.05, 0.1) is 5.92 Å². The zero-order valence-electron chi connectivity index (χ0n) is 15.3. The number of rotatable bonds is 17. The van der Waals surface area contributed by atoms with Gasteiger partial charge in [-0.3, -0.25) is 9.59 Å². The Morgan fingerprint density at radius 2 is 1.42 bits per heavy atom. The number of carbonyl (C=O) groups is 2. The predicted octanol–water partition coefficient (Wildman–Crippen LogP) is 5.81. The van der Waals surface area contributed by atoms with Crippen molar-refractivity contribution in [3.05, 3.63) is 12.2 Å². The third kappa shape index (κ3) is 15.6. The van der Waals surface area contributed by atoms with Crippen LogP contribution in [0.4, 0.5) is 0 Å². The average molecular weight is 341 g/mol. The molecule has 0 fully saturated rings. The van der Waals surface area contributed by atoms with E-state index in [1.165, 1.54) is 32.1 Å². The highest BCUT2D eigenvalue weighted by Crippen LogP contribution is 2.15. The molecule has 0 spiro atoms. The van der Waals surface area contributed by atoms with Crippen LogP contribution in [0.3, 0.4) is 0 Å². The van der Waals surface area contributed by atoms with Crippen LogP contribution in [0.25, 0.3) is 0 Å². The Bertz CT molecular complexity index is 350. The Balaban J connectivity index is 3.68. The van der Waals surface area contributed by atoms with Crippen molar-refractivity contribution in [2.24, 2.45) is 5.92 Å². The van der Waals surface area contributed by atoms with Gasteiger partial charge in [-0.2, -0.15) is 0 Å². The summed E-state index contributed by atoms with van der Waals surface area (Å²) < 4.78 is 0. The second-order valence-electron chi connectivity index (χ2n) is 6.63. The van der Waals surface area contributed by atoms with E-state index >= 15 is 0 Å². The molecule has 0 aliphatic heterocycles. The van der Waals surface area contributed by atoms with Gasteiger partial charge in [0.2, 0.25) is 0 Å². The largest absolute Gasteiger partial charge is 0.481 e. The second-order valence-corrected chi connectivity index (χ2v) is 6.63. The minimum Gasteiger partial charge on any atom is -0.481 e. The molecule has 1 atom stereocenters. The summed E-state index contributed by atoms with van der Waals surface area (Å²) in [6.07, 6.45) is 17.8. The zero-order chi connectivity index (χ0) is 18.0. The highest BCUT2D eigenvalue weighted by molar-refractivity contribution is 5.72. The van der Waals surface area contributed by atoms with E-state index in [-0.39, 0.29) is 12.3 Å². The van der Waals surface area contributed by atoms with Gasteiger partial charge in [0.15, 0.2) is 0 Å². The lowest BCUT2D eigenvalue weighted by Crippen LogP contribution is -2.10. The number of hydrogen-bond donors (Lipinski definition) is 2. The van der Waals surface area contributed by atoms with E-state index in [1.54, 1.807) is 0 Å². The highest BCUT2D eigenvalue weighted by Gasteiger charge is 2.12. The van der Waals surface area contributed by atoms with Crippen LogP contribution in [0.5, 0.6) is 0 Å². The summed E-state index contributed by atoms with van der Waals surface area (Å²) in [6.45, 7) is 2.21. The second kappa shape index (κ2) is 16.5. The van der Waals surface area contributed by atoms with E-state index in [0.717, 1.165) is 44.9 Å². The maximum absolute atomic E-state index is 11.3. The molecule has 4 nitrogen and oxygen atoms in total. The van der Waals surface area contributed by atoms with Gasteiger partial charge in [0.25, 0.3) is 0 Å². The van der Waals surface area contributed by atoms with E-state index < -0.39 is 11.9 Å². The first-order chi connectivity index (χ1) is 11.6. The molecule has 0 bridgehead atoms. The molecule has 0 heterocycles. The first kappa shape index (κ1) is 22.7. The van der Waals surface area contributed by atoms with E-state index in [0.29, 0.717) is 6.42 Å². The zero-order valence-corrected chi connectivity index (χ0v) is 15.3. The van der Waals surface area contributed by atoms with E-state index in [1.807, 2.05) is 12.2 Å². The van der Waals surface area contributed by atoms with Crippen LogP contribution in [0.2, 0.25) is 0 Å². The minimum absolute atomic E-state index is 0.235.